The number of nitrogens with one attached hydrogen (secondary N) is 1. The van der Waals surface area contributed by atoms with E-state index in [0.717, 1.165) is 30.0 Å². The first kappa shape index (κ1) is 11.6. The Morgan fingerprint density at radius 1 is 1.50 bits per heavy atom. The molecule has 0 unspecified atom stereocenters. The SMILES string of the molecule is COc1ncnc2c1[nH]c(=S)n2CCCC1CC1. The minimum absolute atomic E-state index is 0.548. The lowest BCUT2D eigenvalue weighted by Crippen LogP contribution is -2.00. The summed E-state index contributed by atoms with van der Waals surface area (Å²) in [5, 5.41) is 0. The summed E-state index contributed by atoms with van der Waals surface area (Å²) in [6, 6.07) is 0. The predicted octanol–water partition coefficient (Wildman–Crippen LogP) is 2.69. The molecule has 1 fully saturated rings. The van der Waals surface area contributed by atoms with Crippen LogP contribution in [0.1, 0.15) is 25.7 Å². The predicted molar refractivity (Wildman–Crippen MR) is 71.2 cm³/mol. The van der Waals surface area contributed by atoms with Gasteiger partial charge in [-0.05, 0) is 31.0 Å². The molecule has 6 heteroatoms. The van der Waals surface area contributed by atoms with E-state index in [1.54, 1.807) is 7.11 Å². The maximum atomic E-state index is 5.34. The Bertz CT molecular complexity index is 614. The number of ether oxygens (including phenoxy) is 1. The van der Waals surface area contributed by atoms with E-state index in [2.05, 4.69) is 15.0 Å². The molecule has 0 radical (unpaired) electrons. The van der Waals surface area contributed by atoms with Crippen LogP contribution in [0, 0.1) is 10.7 Å². The highest BCUT2D eigenvalue weighted by molar-refractivity contribution is 7.71. The van der Waals surface area contributed by atoms with Crippen LogP contribution < -0.4 is 4.74 Å². The van der Waals surface area contributed by atoms with Gasteiger partial charge in [0.2, 0.25) is 5.88 Å². The Hall–Kier alpha value is -1.43. The van der Waals surface area contributed by atoms with Gasteiger partial charge in [-0.3, -0.25) is 0 Å². The lowest BCUT2D eigenvalue weighted by Gasteiger charge is -2.03. The van der Waals surface area contributed by atoms with Crippen molar-refractivity contribution in [2.75, 3.05) is 7.11 Å². The molecule has 18 heavy (non-hydrogen) atoms. The van der Waals surface area contributed by atoms with Crippen molar-refractivity contribution in [3.8, 4) is 5.88 Å². The summed E-state index contributed by atoms with van der Waals surface area (Å²) in [6.07, 6.45) is 6.75. The lowest BCUT2D eigenvalue weighted by molar-refractivity contribution is 0.401. The number of aromatic amines is 1. The second kappa shape index (κ2) is 4.68. The molecule has 3 rings (SSSR count). The van der Waals surface area contributed by atoms with Crippen molar-refractivity contribution in [3.05, 3.63) is 11.1 Å². The standard InChI is InChI=1S/C12H16N4OS/c1-17-11-9-10(13-7-14-11)16(12(18)15-9)6-2-3-8-4-5-8/h7-8H,2-6H2,1H3,(H,15,18). The zero-order chi connectivity index (χ0) is 12.5. The summed E-state index contributed by atoms with van der Waals surface area (Å²) in [6.45, 7) is 0.912. The third-order valence-corrected chi connectivity index (χ3v) is 3.73. The van der Waals surface area contributed by atoms with Gasteiger partial charge in [-0.15, -0.1) is 0 Å². The fourth-order valence-corrected chi connectivity index (χ4v) is 2.53. The van der Waals surface area contributed by atoms with Crippen molar-refractivity contribution >= 4 is 23.4 Å². The summed E-state index contributed by atoms with van der Waals surface area (Å²) in [7, 11) is 1.60. The van der Waals surface area contributed by atoms with Crippen LogP contribution >= 0.6 is 12.2 Å². The molecule has 5 nitrogen and oxygen atoms in total. The molecule has 0 atom stereocenters. The molecule has 0 saturated heterocycles. The van der Waals surface area contributed by atoms with Gasteiger partial charge in [0, 0.05) is 6.54 Å². The molecule has 2 aromatic heterocycles. The molecule has 0 aliphatic heterocycles. The third kappa shape index (κ3) is 2.12. The van der Waals surface area contributed by atoms with E-state index in [4.69, 9.17) is 17.0 Å². The minimum Gasteiger partial charge on any atom is -0.479 e. The zero-order valence-corrected chi connectivity index (χ0v) is 11.2. The Labute approximate surface area is 110 Å². The fraction of sp³-hybridized carbons (Fsp3) is 0.583. The molecule has 0 amide bonds. The number of imidazole rings is 1. The van der Waals surface area contributed by atoms with Gasteiger partial charge < -0.3 is 14.3 Å². The van der Waals surface area contributed by atoms with Gasteiger partial charge in [0.1, 0.15) is 11.8 Å². The number of methoxy groups -OCH3 is 1. The topological polar surface area (TPSA) is 55.7 Å². The van der Waals surface area contributed by atoms with Crippen molar-refractivity contribution in [3.63, 3.8) is 0 Å². The van der Waals surface area contributed by atoms with Gasteiger partial charge in [-0.1, -0.05) is 12.8 Å². The molecule has 2 heterocycles. The maximum Gasteiger partial charge on any atom is 0.242 e. The Balaban J connectivity index is 1.89. The molecule has 1 saturated carbocycles. The summed E-state index contributed by atoms with van der Waals surface area (Å²) >= 11 is 5.34. The Kier molecular flexibility index (Phi) is 3.03. The van der Waals surface area contributed by atoms with Crippen LogP contribution in [0.25, 0.3) is 11.2 Å². The van der Waals surface area contributed by atoms with Crippen molar-refractivity contribution in [1.29, 1.82) is 0 Å². The van der Waals surface area contributed by atoms with Crippen molar-refractivity contribution in [2.45, 2.75) is 32.2 Å². The Morgan fingerprint density at radius 2 is 2.33 bits per heavy atom. The molecule has 0 spiro atoms. The van der Waals surface area contributed by atoms with Crippen LogP contribution in [0.15, 0.2) is 6.33 Å². The molecular formula is C12H16N4OS. The maximum absolute atomic E-state index is 5.34. The van der Waals surface area contributed by atoms with Crippen LogP contribution in [0.5, 0.6) is 5.88 Å². The van der Waals surface area contributed by atoms with Crippen LogP contribution in [-0.4, -0.2) is 26.6 Å². The van der Waals surface area contributed by atoms with Crippen molar-refractivity contribution in [2.24, 2.45) is 5.92 Å². The number of aromatic nitrogens is 4. The van der Waals surface area contributed by atoms with E-state index in [-0.39, 0.29) is 0 Å². The van der Waals surface area contributed by atoms with Crippen molar-refractivity contribution in [1.82, 2.24) is 19.5 Å². The highest BCUT2D eigenvalue weighted by Crippen LogP contribution is 2.33. The number of hydrogen-bond acceptors (Lipinski definition) is 4. The van der Waals surface area contributed by atoms with Gasteiger partial charge in [-0.2, -0.15) is 4.98 Å². The quantitative estimate of drug-likeness (QED) is 0.844. The number of rotatable bonds is 5. The van der Waals surface area contributed by atoms with E-state index >= 15 is 0 Å². The molecule has 1 N–H and O–H groups in total. The summed E-state index contributed by atoms with van der Waals surface area (Å²) in [5.41, 5.74) is 1.62. The Morgan fingerprint density at radius 3 is 3.06 bits per heavy atom. The van der Waals surface area contributed by atoms with Gasteiger partial charge in [0.25, 0.3) is 0 Å². The number of hydrogen-bond donors (Lipinski definition) is 1. The number of H-pyrrole nitrogens is 1. The van der Waals surface area contributed by atoms with Crippen LogP contribution in [0.3, 0.4) is 0 Å². The first-order valence-corrected chi connectivity index (χ1v) is 6.68. The zero-order valence-electron chi connectivity index (χ0n) is 10.3. The van der Waals surface area contributed by atoms with Crippen LogP contribution in [0.4, 0.5) is 0 Å². The molecule has 1 aliphatic rings. The summed E-state index contributed by atoms with van der Waals surface area (Å²) in [5.74, 6) is 1.50. The second-order valence-corrected chi connectivity index (χ2v) is 5.14. The average molecular weight is 264 g/mol. The molecule has 96 valence electrons. The smallest absolute Gasteiger partial charge is 0.242 e. The number of aryl methyl sites for hydroxylation is 1. The van der Waals surface area contributed by atoms with Gasteiger partial charge in [0.05, 0.1) is 7.11 Å². The monoisotopic (exact) mass is 264 g/mol. The lowest BCUT2D eigenvalue weighted by atomic mass is 10.2. The summed E-state index contributed by atoms with van der Waals surface area (Å²) < 4.78 is 7.94. The highest BCUT2D eigenvalue weighted by Gasteiger charge is 2.20. The molecule has 0 bridgehead atoms. The van der Waals surface area contributed by atoms with Gasteiger partial charge in [-0.25, -0.2) is 4.98 Å². The first-order valence-electron chi connectivity index (χ1n) is 6.27. The number of nitrogens with zero attached hydrogens (tertiary/aromatic N) is 3. The largest absolute Gasteiger partial charge is 0.479 e. The molecule has 1 aliphatic carbocycles. The molecule has 2 aromatic rings. The molecule has 0 aromatic carbocycles. The van der Waals surface area contributed by atoms with Crippen LogP contribution in [0.2, 0.25) is 0 Å². The van der Waals surface area contributed by atoms with E-state index < -0.39 is 0 Å². The molecular weight excluding hydrogens is 248 g/mol. The normalized spacial score (nSPS) is 15.2. The van der Waals surface area contributed by atoms with Gasteiger partial charge >= 0.3 is 0 Å². The summed E-state index contributed by atoms with van der Waals surface area (Å²) in [4.78, 5) is 11.5. The first-order chi connectivity index (χ1) is 8.79. The van der Waals surface area contributed by atoms with E-state index in [1.807, 2.05) is 4.57 Å². The fourth-order valence-electron chi connectivity index (χ4n) is 2.25. The minimum atomic E-state index is 0.548. The average Bonchev–Trinajstić information content (AvgIpc) is 3.14. The van der Waals surface area contributed by atoms with Gasteiger partial charge in [0.15, 0.2) is 10.4 Å². The van der Waals surface area contributed by atoms with E-state index in [9.17, 15) is 0 Å². The van der Waals surface area contributed by atoms with Crippen LogP contribution in [-0.2, 0) is 6.54 Å². The van der Waals surface area contributed by atoms with Crippen molar-refractivity contribution < 1.29 is 4.74 Å². The van der Waals surface area contributed by atoms with E-state index in [1.165, 1.54) is 25.6 Å². The number of fused-ring (bicyclic) bond motifs is 1. The van der Waals surface area contributed by atoms with E-state index in [0.29, 0.717) is 10.7 Å². The highest BCUT2D eigenvalue weighted by atomic mass is 32.1. The second-order valence-electron chi connectivity index (χ2n) is 4.75. The third-order valence-electron chi connectivity index (χ3n) is 3.41.